The predicted octanol–water partition coefficient (Wildman–Crippen LogP) is 3.84. The lowest BCUT2D eigenvalue weighted by atomic mass is 9.86. The van der Waals surface area contributed by atoms with Gasteiger partial charge < -0.3 is 5.32 Å². The van der Waals surface area contributed by atoms with Gasteiger partial charge in [-0.3, -0.25) is 0 Å². The van der Waals surface area contributed by atoms with Gasteiger partial charge in [0.2, 0.25) is 0 Å². The zero-order valence-corrected chi connectivity index (χ0v) is 10.8. The lowest BCUT2D eigenvalue weighted by molar-refractivity contribution is 0.290. The minimum Gasteiger partial charge on any atom is -0.317 e. The molecule has 0 amide bonds. The predicted molar refractivity (Wildman–Crippen MR) is 65.6 cm³/mol. The van der Waals surface area contributed by atoms with Gasteiger partial charge >= 0.3 is 0 Å². The SMILES string of the molecule is CCCC(C)CC(NC)C(CC)CC. The second-order valence-electron chi connectivity index (χ2n) is 4.60. The minimum absolute atomic E-state index is 0.728. The molecule has 0 aromatic carbocycles. The molecule has 0 saturated heterocycles. The summed E-state index contributed by atoms with van der Waals surface area (Å²) in [5.41, 5.74) is 0. The van der Waals surface area contributed by atoms with Gasteiger partial charge in [0.15, 0.2) is 0 Å². The molecule has 1 N–H and O–H groups in total. The van der Waals surface area contributed by atoms with Crippen LogP contribution in [-0.4, -0.2) is 13.1 Å². The molecule has 2 atom stereocenters. The van der Waals surface area contributed by atoms with Crippen molar-refractivity contribution < 1.29 is 0 Å². The number of nitrogens with one attached hydrogen (secondary N) is 1. The lowest BCUT2D eigenvalue weighted by Crippen LogP contribution is -2.34. The van der Waals surface area contributed by atoms with Gasteiger partial charge in [0, 0.05) is 6.04 Å². The fraction of sp³-hybridized carbons (Fsp3) is 1.00. The first-order valence-electron chi connectivity index (χ1n) is 6.36. The van der Waals surface area contributed by atoms with Crippen LogP contribution in [0.3, 0.4) is 0 Å². The summed E-state index contributed by atoms with van der Waals surface area (Å²) in [5, 5.41) is 3.49. The molecule has 2 unspecified atom stereocenters. The molecule has 0 aliphatic heterocycles. The first kappa shape index (κ1) is 14.0. The van der Waals surface area contributed by atoms with Gasteiger partial charge in [-0.05, 0) is 25.3 Å². The van der Waals surface area contributed by atoms with Crippen LogP contribution >= 0.6 is 0 Å². The third-order valence-electron chi connectivity index (χ3n) is 3.43. The Morgan fingerprint density at radius 2 is 1.64 bits per heavy atom. The van der Waals surface area contributed by atoms with Crippen LogP contribution in [0.1, 0.15) is 59.8 Å². The molecule has 0 fully saturated rings. The van der Waals surface area contributed by atoms with E-state index in [0.717, 1.165) is 17.9 Å². The van der Waals surface area contributed by atoms with E-state index in [0.29, 0.717) is 0 Å². The third-order valence-corrected chi connectivity index (χ3v) is 3.43. The summed E-state index contributed by atoms with van der Waals surface area (Å²) >= 11 is 0. The molecular formula is C13H29N. The molecule has 0 aliphatic rings. The highest BCUT2D eigenvalue weighted by molar-refractivity contribution is 4.75. The molecule has 0 saturated carbocycles. The van der Waals surface area contributed by atoms with Gasteiger partial charge in [-0.1, -0.05) is 53.4 Å². The quantitative estimate of drug-likeness (QED) is 0.626. The number of hydrogen-bond donors (Lipinski definition) is 1. The van der Waals surface area contributed by atoms with Gasteiger partial charge in [-0.15, -0.1) is 0 Å². The summed E-state index contributed by atoms with van der Waals surface area (Å²) < 4.78 is 0. The molecule has 0 heterocycles. The molecule has 1 heteroatoms. The third kappa shape index (κ3) is 4.99. The Balaban J connectivity index is 3.98. The fourth-order valence-corrected chi connectivity index (χ4v) is 2.45. The second kappa shape index (κ2) is 8.28. The van der Waals surface area contributed by atoms with Gasteiger partial charge in [-0.25, -0.2) is 0 Å². The van der Waals surface area contributed by atoms with Crippen molar-refractivity contribution in [3.8, 4) is 0 Å². The Morgan fingerprint density at radius 3 is 2.00 bits per heavy atom. The van der Waals surface area contributed by atoms with Crippen LogP contribution in [0, 0.1) is 11.8 Å². The maximum atomic E-state index is 3.49. The highest BCUT2D eigenvalue weighted by atomic mass is 14.9. The Kier molecular flexibility index (Phi) is 8.26. The zero-order valence-electron chi connectivity index (χ0n) is 10.8. The maximum Gasteiger partial charge on any atom is 0.00946 e. The monoisotopic (exact) mass is 199 g/mol. The van der Waals surface area contributed by atoms with Crippen LogP contribution in [0.15, 0.2) is 0 Å². The van der Waals surface area contributed by atoms with Crippen LogP contribution in [0.5, 0.6) is 0 Å². The summed E-state index contributed by atoms with van der Waals surface area (Å²) in [5.74, 6) is 1.73. The van der Waals surface area contributed by atoms with Crippen LogP contribution < -0.4 is 5.32 Å². The van der Waals surface area contributed by atoms with Crippen molar-refractivity contribution in [2.24, 2.45) is 11.8 Å². The largest absolute Gasteiger partial charge is 0.317 e. The molecule has 0 bridgehead atoms. The molecule has 86 valence electrons. The average Bonchev–Trinajstić information content (AvgIpc) is 2.18. The van der Waals surface area contributed by atoms with Crippen molar-refractivity contribution in [1.82, 2.24) is 5.32 Å². The molecule has 0 radical (unpaired) electrons. The fourth-order valence-electron chi connectivity index (χ4n) is 2.45. The van der Waals surface area contributed by atoms with Crippen molar-refractivity contribution in [3.63, 3.8) is 0 Å². The standard InChI is InChI=1S/C13H29N/c1-6-9-11(4)10-13(14-5)12(7-2)8-3/h11-14H,6-10H2,1-5H3. The molecule has 0 aliphatic carbocycles. The second-order valence-corrected chi connectivity index (χ2v) is 4.60. The van der Waals surface area contributed by atoms with E-state index in [1.54, 1.807) is 0 Å². The van der Waals surface area contributed by atoms with Crippen LogP contribution in [-0.2, 0) is 0 Å². The molecule has 1 nitrogen and oxygen atoms in total. The number of rotatable bonds is 8. The van der Waals surface area contributed by atoms with E-state index in [1.807, 2.05) is 0 Å². The Morgan fingerprint density at radius 1 is 1.07 bits per heavy atom. The smallest absolute Gasteiger partial charge is 0.00946 e. The maximum absolute atomic E-state index is 3.49. The van der Waals surface area contributed by atoms with Gasteiger partial charge in [0.25, 0.3) is 0 Å². The molecule has 0 rings (SSSR count). The molecular weight excluding hydrogens is 170 g/mol. The summed E-state index contributed by atoms with van der Waals surface area (Å²) in [6.45, 7) is 9.28. The zero-order chi connectivity index (χ0) is 11.0. The van der Waals surface area contributed by atoms with Crippen molar-refractivity contribution in [2.45, 2.75) is 65.8 Å². The molecule has 14 heavy (non-hydrogen) atoms. The van der Waals surface area contributed by atoms with Gasteiger partial charge in [-0.2, -0.15) is 0 Å². The molecule has 0 aromatic rings. The van der Waals surface area contributed by atoms with E-state index >= 15 is 0 Å². The Labute approximate surface area is 90.7 Å². The summed E-state index contributed by atoms with van der Waals surface area (Å²) in [6, 6.07) is 0.728. The highest BCUT2D eigenvalue weighted by Gasteiger charge is 2.18. The molecule has 0 aromatic heterocycles. The van der Waals surface area contributed by atoms with Crippen molar-refractivity contribution in [3.05, 3.63) is 0 Å². The van der Waals surface area contributed by atoms with Gasteiger partial charge in [0.1, 0.15) is 0 Å². The van der Waals surface area contributed by atoms with E-state index in [4.69, 9.17) is 0 Å². The van der Waals surface area contributed by atoms with Gasteiger partial charge in [0.05, 0.1) is 0 Å². The van der Waals surface area contributed by atoms with E-state index < -0.39 is 0 Å². The van der Waals surface area contributed by atoms with E-state index in [2.05, 4.69) is 40.1 Å². The lowest BCUT2D eigenvalue weighted by Gasteiger charge is -2.27. The Hall–Kier alpha value is -0.0400. The van der Waals surface area contributed by atoms with Crippen LogP contribution in [0.4, 0.5) is 0 Å². The Bertz CT molecular complexity index is 118. The highest BCUT2D eigenvalue weighted by Crippen LogP contribution is 2.21. The van der Waals surface area contributed by atoms with Crippen molar-refractivity contribution in [1.29, 1.82) is 0 Å². The summed E-state index contributed by atoms with van der Waals surface area (Å²) in [7, 11) is 2.11. The van der Waals surface area contributed by atoms with Crippen LogP contribution in [0.2, 0.25) is 0 Å². The van der Waals surface area contributed by atoms with Crippen LogP contribution in [0.25, 0.3) is 0 Å². The number of hydrogen-bond acceptors (Lipinski definition) is 1. The first-order chi connectivity index (χ1) is 6.69. The van der Waals surface area contributed by atoms with E-state index in [9.17, 15) is 0 Å². The normalized spacial score (nSPS) is 15.9. The van der Waals surface area contributed by atoms with Crippen molar-refractivity contribution >= 4 is 0 Å². The minimum atomic E-state index is 0.728. The first-order valence-corrected chi connectivity index (χ1v) is 6.36. The topological polar surface area (TPSA) is 12.0 Å². The van der Waals surface area contributed by atoms with E-state index in [1.165, 1.54) is 32.1 Å². The average molecular weight is 199 g/mol. The summed E-state index contributed by atoms with van der Waals surface area (Å²) in [6.07, 6.45) is 6.65. The van der Waals surface area contributed by atoms with E-state index in [-0.39, 0.29) is 0 Å². The van der Waals surface area contributed by atoms with Crippen molar-refractivity contribution in [2.75, 3.05) is 7.05 Å². The molecule has 0 spiro atoms. The summed E-state index contributed by atoms with van der Waals surface area (Å²) in [4.78, 5) is 0.